The van der Waals surface area contributed by atoms with E-state index in [9.17, 15) is 0 Å². The zero-order valence-corrected chi connectivity index (χ0v) is 10.5. The molecule has 2 heterocycles. The maximum Gasteiger partial charge on any atom is 0.0798 e. The SMILES string of the molecule is Cc1ncsc1CN1CCN(CCO)CC1. The number of nitrogens with zero attached hydrogens (tertiary/aromatic N) is 3. The van der Waals surface area contributed by atoms with Crippen LogP contribution in [0.1, 0.15) is 10.6 Å². The molecule has 0 spiro atoms. The van der Waals surface area contributed by atoms with Gasteiger partial charge in [-0.3, -0.25) is 9.80 Å². The molecule has 1 aliphatic heterocycles. The van der Waals surface area contributed by atoms with Crippen LogP contribution in [-0.2, 0) is 6.54 Å². The Morgan fingerprint density at radius 1 is 1.31 bits per heavy atom. The summed E-state index contributed by atoms with van der Waals surface area (Å²) in [6.45, 7) is 8.52. The minimum Gasteiger partial charge on any atom is -0.395 e. The molecular weight excluding hydrogens is 222 g/mol. The van der Waals surface area contributed by atoms with Crippen LogP contribution in [0, 0.1) is 6.92 Å². The molecule has 0 amide bonds. The fourth-order valence-electron chi connectivity index (χ4n) is 1.99. The molecule has 90 valence electrons. The highest BCUT2D eigenvalue weighted by molar-refractivity contribution is 7.09. The summed E-state index contributed by atoms with van der Waals surface area (Å²) in [7, 11) is 0. The molecule has 0 aromatic carbocycles. The average molecular weight is 241 g/mol. The van der Waals surface area contributed by atoms with Crippen molar-refractivity contribution < 1.29 is 5.11 Å². The van der Waals surface area contributed by atoms with Crippen molar-refractivity contribution in [2.75, 3.05) is 39.3 Å². The fraction of sp³-hybridized carbons (Fsp3) is 0.727. The van der Waals surface area contributed by atoms with Crippen molar-refractivity contribution in [1.82, 2.24) is 14.8 Å². The van der Waals surface area contributed by atoms with E-state index in [-0.39, 0.29) is 6.61 Å². The maximum absolute atomic E-state index is 8.87. The van der Waals surface area contributed by atoms with E-state index in [2.05, 4.69) is 21.7 Å². The van der Waals surface area contributed by atoms with E-state index in [1.54, 1.807) is 11.3 Å². The number of aromatic nitrogens is 1. The second-order valence-corrected chi connectivity index (χ2v) is 5.14. The van der Waals surface area contributed by atoms with Crippen LogP contribution in [0.2, 0.25) is 0 Å². The summed E-state index contributed by atoms with van der Waals surface area (Å²) in [5.41, 5.74) is 3.09. The van der Waals surface area contributed by atoms with Crippen LogP contribution in [-0.4, -0.2) is 59.2 Å². The third kappa shape index (κ3) is 3.01. The van der Waals surface area contributed by atoms with Crippen molar-refractivity contribution >= 4 is 11.3 Å². The van der Waals surface area contributed by atoms with Gasteiger partial charge in [-0.2, -0.15) is 0 Å². The van der Waals surface area contributed by atoms with Crippen molar-refractivity contribution in [2.45, 2.75) is 13.5 Å². The predicted molar refractivity (Wildman–Crippen MR) is 65.7 cm³/mol. The third-order valence-electron chi connectivity index (χ3n) is 3.09. The first-order valence-corrected chi connectivity index (χ1v) is 6.62. The second kappa shape index (κ2) is 5.72. The maximum atomic E-state index is 8.87. The smallest absolute Gasteiger partial charge is 0.0798 e. The van der Waals surface area contributed by atoms with Gasteiger partial charge >= 0.3 is 0 Å². The molecule has 0 atom stereocenters. The molecule has 5 heteroatoms. The molecule has 4 nitrogen and oxygen atoms in total. The van der Waals surface area contributed by atoms with Crippen LogP contribution in [0.4, 0.5) is 0 Å². The lowest BCUT2D eigenvalue weighted by molar-refractivity contribution is 0.109. The molecule has 2 rings (SSSR count). The summed E-state index contributed by atoms with van der Waals surface area (Å²) in [6.07, 6.45) is 0. The topological polar surface area (TPSA) is 39.6 Å². The van der Waals surface area contributed by atoms with Crippen LogP contribution in [0.15, 0.2) is 5.51 Å². The van der Waals surface area contributed by atoms with Crippen LogP contribution in [0.3, 0.4) is 0 Å². The van der Waals surface area contributed by atoms with Crippen molar-refractivity contribution in [3.05, 3.63) is 16.1 Å². The van der Waals surface area contributed by atoms with Gasteiger partial charge in [-0.05, 0) is 6.92 Å². The number of hydrogen-bond acceptors (Lipinski definition) is 5. The van der Waals surface area contributed by atoms with Crippen molar-refractivity contribution in [2.24, 2.45) is 0 Å². The van der Waals surface area contributed by atoms with E-state index in [4.69, 9.17) is 5.11 Å². The highest BCUT2D eigenvalue weighted by Crippen LogP contribution is 2.15. The molecule has 1 fully saturated rings. The van der Waals surface area contributed by atoms with Gasteiger partial charge in [-0.1, -0.05) is 0 Å². The lowest BCUT2D eigenvalue weighted by atomic mass is 10.3. The van der Waals surface area contributed by atoms with Crippen molar-refractivity contribution in [3.63, 3.8) is 0 Å². The molecule has 0 radical (unpaired) electrons. The van der Waals surface area contributed by atoms with Crippen LogP contribution >= 0.6 is 11.3 Å². The first-order valence-electron chi connectivity index (χ1n) is 5.74. The molecule has 0 saturated carbocycles. The summed E-state index contributed by atoms with van der Waals surface area (Å²) in [5.74, 6) is 0. The van der Waals surface area contributed by atoms with Crippen LogP contribution in [0.5, 0.6) is 0 Å². The summed E-state index contributed by atoms with van der Waals surface area (Å²) in [5, 5.41) is 8.87. The van der Waals surface area contributed by atoms with Crippen LogP contribution in [0.25, 0.3) is 0 Å². The predicted octanol–water partition coefficient (Wildman–Crippen LogP) is 0.561. The van der Waals surface area contributed by atoms with E-state index in [0.717, 1.165) is 39.3 Å². The highest BCUT2D eigenvalue weighted by atomic mass is 32.1. The van der Waals surface area contributed by atoms with Gasteiger partial charge in [-0.25, -0.2) is 4.98 Å². The standard InChI is InChI=1S/C11H19N3OS/c1-10-11(16-9-12-10)8-14-4-2-13(3-5-14)6-7-15/h9,15H,2-8H2,1H3. The Bertz CT molecular complexity index is 321. The lowest BCUT2D eigenvalue weighted by Gasteiger charge is -2.34. The summed E-state index contributed by atoms with van der Waals surface area (Å²) in [4.78, 5) is 10.4. The van der Waals surface area contributed by atoms with Gasteiger partial charge in [0.2, 0.25) is 0 Å². The minimum absolute atomic E-state index is 0.272. The number of rotatable bonds is 4. The molecule has 0 bridgehead atoms. The molecular formula is C11H19N3OS. The molecule has 1 saturated heterocycles. The molecule has 0 unspecified atom stereocenters. The average Bonchev–Trinajstić information content (AvgIpc) is 2.68. The van der Waals surface area contributed by atoms with Gasteiger partial charge in [-0.15, -0.1) is 11.3 Å². The number of piperazine rings is 1. The quantitative estimate of drug-likeness (QED) is 0.836. The Morgan fingerprint density at radius 3 is 2.56 bits per heavy atom. The second-order valence-electron chi connectivity index (χ2n) is 4.20. The van der Waals surface area contributed by atoms with E-state index in [1.165, 1.54) is 10.6 Å². The minimum atomic E-state index is 0.272. The number of aliphatic hydroxyl groups excluding tert-OH is 1. The van der Waals surface area contributed by atoms with Gasteiger partial charge in [0, 0.05) is 44.1 Å². The van der Waals surface area contributed by atoms with Gasteiger partial charge in [0.25, 0.3) is 0 Å². The monoisotopic (exact) mass is 241 g/mol. The van der Waals surface area contributed by atoms with Gasteiger partial charge in [0.1, 0.15) is 0 Å². The fourth-order valence-corrected chi connectivity index (χ4v) is 2.81. The number of hydrogen-bond donors (Lipinski definition) is 1. The van der Waals surface area contributed by atoms with Gasteiger partial charge in [0.05, 0.1) is 17.8 Å². The third-order valence-corrected chi connectivity index (χ3v) is 4.01. The Labute approximate surface area is 101 Å². The number of thiazole rings is 1. The molecule has 16 heavy (non-hydrogen) atoms. The summed E-state index contributed by atoms with van der Waals surface area (Å²) < 4.78 is 0. The first kappa shape index (κ1) is 12.0. The highest BCUT2D eigenvalue weighted by Gasteiger charge is 2.17. The lowest BCUT2D eigenvalue weighted by Crippen LogP contribution is -2.46. The van der Waals surface area contributed by atoms with E-state index < -0.39 is 0 Å². The molecule has 1 aromatic heterocycles. The molecule has 1 aromatic rings. The summed E-state index contributed by atoms with van der Waals surface area (Å²) >= 11 is 1.75. The Morgan fingerprint density at radius 2 is 2.00 bits per heavy atom. The zero-order valence-electron chi connectivity index (χ0n) is 9.72. The normalized spacial score (nSPS) is 19.1. The molecule has 0 aliphatic carbocycles. The Hall–Kier alpha value is -0.490. The van der Waals surface area contributed by atoms with Crippen molar-refractivity contribution in [1.29, 1.82) is 0 Å². The van der Waals surface area contributed by atoms with Crippen LogP contribution < -0.4 is 0 Å². The van der Waals surface area contributed by atoms with Gasteiger partial charge < -0.3 is 5.11 Å². The summed E-state index contributed by atoms with van der Waals surface area (Å²) in [6, 6.07) is 0. The number of aliphatic hydroxyl groups is 1. The van der Waals surface area contributed by atoms with E-state index in [0.29, 0.717) is 0 Å². The van der Waals surface area contributed by atoms with E-state index in [1.807, 2.05) is 5.51 Å². The number of aryl methyl sites for hydroxylation is 1. The Balaban J connectivity index is 1.79. The largest absolute Gasteiger partial charge is 0.395 e. The Kier molecular flexibility index (Phi) is 4.29. The first-order chi connectivity index (χ1) is 7.79. The molecule has 1 aliphatic rings. The zero-order chi connectivity index (χ0) is 11.4. The van der Waals surface area contributed by atoms with E-state index >= 15 is 0 Å². The number of β-amino-alcohol motifs (C(OH)–C–C–N with tert-alkyl or cyclic N) is 1. The van der Waals surface area contributed by atoms with Crippen molar-refractivity contribution in [3.8, 4) is 0 Å². The molecule has 1 N–H and O–H groups in total. The van der Waals surface area contributed by atoms with Gasteiger partial charge in [0.15, 0.2) is 0 Å².